The Hall–Kier alpha value is -2.08. The molecule has 0 saturated carbocycles. The van der Waals surface area contributed by atoms with Crippen molar-refractivity contribution in [3.05, 3.63) is 43.9 Å². The third kappa shape index (κ3) is 6.08. The van der Waals surface area contributed by atoms with Crippen LogP contribution in [0.1, 0.15) is 11.3 Å². The number of aliphatic carboxylic acids is 2. The second kappa shape index (κ2) is 11.4. The van der Waals surface area contributed by atoms with Crippen LogP contribution in [0.4, 0.5) is 5.69 Å². The van der Waals surface area contributed by atoms with Crippen LogP contribution in [0.25, 0.3) is 6.08 Å². The highest BCUT2D eigenvalue weighted by Crippen LogP contribution is 2.49. The molecule has 0 amide bonds. The van der Waals surface area contributed by atoms with Crippen molar-refractivity contribution in [3.8, 4) is 5.88 Å². The second-order valence-corrected chi connectivity index (χ2v) is 11.0. The monoisotopic (exact) mass is 540 g/mol. The SMILES string of the molecule is CSc1cc2c(cc1SC)N(CCC(=O)O)C(=CC=C=Cc1sc(=S)n(CC(=O)O)c1O)S2. The minimum Gasteiger partial charge on any atom is -0.493 e. The quantitative estimate of drug-likeness (QED) is 0.211. The molecule has 2 heterocycles. The van der Waals surface area contributed by atoms with Gasteiger partial charge in [0.25, 0.3) is 0 Å². The number of carboxylic acids is 2. The Morgan fingerprint density at radius 3 is 2.52 bits per heavy atom. The van der Waals surface area contributed by atoms with Gasteiger partial charge in [-0.3, -0.25) is 14.2 Å². The van der Waals surface area contributed by atoms with Gasteiger partial charge in [0, 0.05) is 27.3 Å². The van der Waals surface area contributed by atoms with Gasteiger partial charge in [0.1, 0.15) is 6.54 Å². The van der Waals surface area contributed by atoms with Gasteiger partial charge in [0.15, 0.2) is 3.95 Å². The van der Waals surface area contributed by atoms with Crippen molar-refractivity contribution in [2.75, 3.05) is 24.0 Å². The number of thioether (sulfide) groups is 3. The number of allylic oxidation sites excluding steroid dienone is 2. The summed E-state index contributed by atoms with van der Waals surface area (Å²) in [5.74, 6) is -2.17. The first kappa shape index (κ1) is 25.5. The molecule has 0 saturated heterocycles. The van der Waals surface area contributed by atoms with Crippen LogP contribution in [-0.2, 0) is 16.1 Å². The molecule has 12 heteroatoms. The van der Waals surface area contributed by atoms with Crippen LogP contribution in [0.15, 0.2) is 49.7 Å². The van der Waals surface area contributed by atoms with Crippen LogP contribution in [0.5, 0.6) is 5.88 Å². The van der Waals surface area contributed by atoms with Crippen molar-refractivity contribution < 1.29 is 24.9 Å². The Bertz CT molecular complexity index is 1240. The number of aromatic hydroxyl groups is 1. The topological polar surface area (TPSA) is 103 Å². The zero-order chi connectivity index (χ0) is 24.1. The molecule has 174 valence electrons. The van der Waals surface area contributed by atoms with E-state index in [1.165, 1.54) is 11.0 Å². The summed E-state index contributed by atoms with van der Waals surface area (Å²) in [5.41, 5.74) is 3.95. The number of carboxylic acid groups (broad SMARTS) is 2. The van der Waals surface area contributed by atoms with Crippen LogP contribution in [0, 0.1) is 3.95 Å². The molecule has 1 aliphatic heterocycles. The number of hydrogen-bond acceptors (Lipinski definition) is 9. The third-order valence-corrected chi connectivity index (χ3v) is 8.69. The fraction of sp³-hybridized carbons (Fsp3) is 0.238. The van der Waals surface area contributed by atoms with Gasteiger partial charge in [0.05, 0.1) is 22.0 Å². The van der Waals surface area contributed by atoms with Gasteiger partial charge in [-0.2, -0.15) is 0 Å². The standard InChI is InChI=1S/C21H20N2O5S5/c1-30-15-9-12-14(10-16(15)31-2)32-17(22(12)8-7-18(24)25)6-4-3-5-13-20(28)23(11-19(26)27)21(29)33-13/h4-6,9-10,28H,7-8,11H2,1-2H3,(H,24,25)(H,26,27). The van der Waals surface area contributed by atoms with E-state index in [9.17, 15) is 19.8 Å². The van der Waals surface area contributed by atoms with Gasteiger partial charge in [-0.05, 0) is 49.0 Å². The van der Waals surface area contributed by atoms with Crippen LogP contribution in [0.3, 0.4) is 0 Å². The molecule has 0 bridgehead atoms. The molecule has 0 radical (unpaired) electrons. The summed E-state index contributed by atoms with van der Waals surface area (Å²) < 4.78 is 1.41. The fourth-order valence-electron chi connectivity index (χ4n) is 3.02. The van der Waals surface area contributed by atoms with Crippen molar-refractivity contribution in [1.29, 1.82) is 0 Å². The van der Waals surface area contributed by atoms with E-state index in [4.69, 9.17) is 17.3 Å². The lowest BCUT2D eigenvalue weighted by Crippen LogP contribution is -2.21. The first-order valence-corrected chi connectivity index (χ1v) is 13.9. The highest BCUT2D eigenvalue weighted by Gasteiger charge is 2.26. The number of fused-ring (bicyclic) bond motifs is 1. The summed E-state index contributed by atoms with van der Waals surface area (Å²) in [5, 5.41) is 29.2. The summed E-state index contributed by atoms with van der Waals surface area (Å²) in [7, 11) is 0. The second-order valence-electron chi connectivity index (χ2n) is 6.59. The van der Waals surface area contributed by atoms with Gasteiger partial charge in [-0.25, -0.2) is 0 Å². The molecule has 0 unspecified atom stereocenters. The molecule has 1 aromatic heterocycles. The van der Waals surface area contributed by atoms with E-state index in [0.717, 1.165) is 36.4 Å². The Labute approximate surface area is 212 Å². The predicted octanol–water partition coefficient (Wildman–Crippen LogP) is 5.61. The van der Waals surface area contributed by atoms with Gasteiger partial charge in [0.2, 0.25) is 5.88 Å². The Morgan fingerprint density at radius 1 is 1.18 bits per heavy atom. The zero-order valence-electron chi connectivity index (χ0n) is 17.6. The van der Waals surface area contributed by atoms with Gasteiger partial charge in [-0.15, -0.1) is 40.6 Å². The highest BCUT2D eigenvalue weighted by molar-refractivity contribution is 8.04. The van der Waals surface area contributed by atoms with E-state index in [2.05, 4.69) is 17.9 Å². The summed E-state index contributed by atoms with van der Waals surface area (Å²) in [6.45, 7) is -0.0718. The number of rotatable bonds is 9. The van der Waals surface area contributed by atoms with Crippen molar-refractivity contribution in [3.63, 3.8) is 0 Å². The minimum atomic E-state index is -1.09. The molecule has 1 aromatic carbocycles. The summed E-state index contributed by atoms with van der Waals surface area (Å²) in [6, 6.07) is 4.22. The third-order valence-electron chi connectivity index (χ3n) is 4.51. The van der Waals surface area contributed by atoms with Crippen LogP contribution in [0.2, 0.25) is 0 Å². The molecule has 3 N–H and O–H groups in total. The molecule has 3 rings (SSSR count). The first-order chi connectivity index (χ1) is 15.7. The van der Waals surface area contributed by atoms with Crippen LogP contribution in [-0.4, -0.2) is 50.9 Å². The van der Waals surface area contributed by atoms with Crippen LogP contribution >= 0.6 is 58.8 Å². The predicted molar refractivity (Wildman–Crippen MR) is 139 cm³/mol. The molecule has 7 nitrogen and oxygen atoms in total. The molecule has 0 aliphatic carbocycles. The largest absolute Gasteiger partial charge is 0.493 e. The maximum Gasteiger partial charge on any atom is 0.323 e. The van der Waals surface area contributed by atoms with Gasteiger partial charge < -0.3 is 20.2 Å². The number of hydrogen-bond donors (Lipinski definition) is 3. The number of anilines is 1. The van der Waals surface area contributed by atoms with E-state index >= 15 is 0 Å². The van der Waals surface area contributed by atoms with Crippen molar-refractivity contribution in [2.24, 2.45) is 0 Å². The molecule has 2 aromatic rings. The number of thiazole rings is 1. The van der Waals surface area contributed by atoms with Crippen molar-refractivity contribution in [2.45, 2.75) is 27.7 Å². The van der Waals surface area contributed by atoms with E-state index in [-0.39, 0.29) is 16.3 Å². The smallest absolute Gasteiger partial charge is 0.323 e. The number of nitrogens with zero attached hydrogens (tertiary/aromatic N) is 2. The molecular weight excluding hydrogens is 521 g/mol. The Morgan fingerprint density at radius 2 is 1.88 bits per heavy atom. The maximum absolute atomic E-state index is 11.2. The highest BCUT2D eigenvalue weighted by atomic mass is 32.2. The van der Waals surface area contributed by atoms with Gasteiger partial charge >= 0.3 is 11.9 Å². The van der Waals surface area contributed by atoms with Gasteiger partial charge in [-0.1, -0.05) is 11.8 Å². The molecule has 0 atom stereocenters. The van der Waals surface area contributed by atoms with E-state index < -0.39 is 18.5 Å². The lowest BCUT2D eigenvalue weighted by atomic mass is 10.2. The molecule has 1 aliphatic rings. The number of aromatic nitrogens is 1. The Kier molecular flexibility index (Phi) is 8.80. The zero-order valence-corrected chi connectivity index (χ0v) is 21.7. The average Bonchev–Trinajstić information content (AvgIpc) is 3.24. The number of carbonyl (C=O) groups is 2. The summed E-state index contributed by atoms with van der Waals surface area (Å²) in [6.07, 6.45) is 9.11. The molecule has 0 spiro atoms. The normalized spacial score (nSPS) is 13.6. The molecule has 0 fully saturated rings. The van der Waals surface area contributed by atoms with Crippen LogP contribution < -0.4 is 4.90 Å². The Balaban J connectivity index is 1.91. The number of benzene rings is 1. The lowest BCUT2D eigenvalue weighted by molar-refractivity contribution is -0.138. The van der Waals surface area contributed by atoms with E-state index in [1.54, 1.807) is 41.4 Å². The van der Waals surface area contributed by atoms with Crippen molar-refractivity contribution in [1.82, 2.24) is 4.57 Å². The lowest BCUT2D eigenvalue weighted by Gasteiger charge is -2.20. The average molecular weight is 541 g/mol. The van der Waals surface area contributed by atoms with Crippen molar-refractivity contribution >= 4 is 82.5 Å². The molecular formula is C21H20N2O5S5. The summed E-state index contributed by atoms with van der Waals surface area (Å²) >= 11 is 11.1. The fourth-order valence-corrected chi connectivity index (χ4v) is 6.89. The maximum atomic E-state index is 11.2. The summed E-state index contributed by atoms with van der Waals surface area (Å²) in [4.78, 5) is 27.9. The van der Waals surface area contributed by atoms with E-state index in [0.29, 0.717) is 11.4 Å². The van der Waals surface area contributed by atoms with E-state index in [1.807, 2.05) is 23.5 Å². The first-order valence-electron chi connectivity index (χ1n) is 9.45. The minimum absolute atomic E-state index is 0.00400. The molecule has 33 heavy (non-hydrogen) atoms.